The van der Waals surface area contributed by atoms with Gasteiger partial charge in [0.1, 0.15) is 5.69 Å². The first kappa shape index (κ1) is 10.2. The van der Waals surface area contributed by atoms with E-state index in [0.717, 1.165) is 21.6 Å². The van der Waals surface area contributed by atoms with E-state index in [9.17, 15) is 0 Å². The third-order valence-corrected chi connectivity index (χ3v) is 3.36. The summed E-state index contributed by atoms with van der Waals surface area (Å²) in [5.74, 6) is 0.575. The third-order valence-electron chi connectivity index (χ3n) is 2.49. The number of rotatable bonds is 2. The SMILES string of the molecule is COc1nc2ccccc2nc1-c1cccs1. The van der Waals surface area contributed by atoms with E-state index in [1.54, 1.807) is 18.4 Å². The van der Waals surface area contributed by atoms with Gasteiger partial charge in [-0.25, -0.2) is 9.97 Å². The topological polar surface area (TPSA) is 35.0 Å². The van der Waals surface area contributed by atoms with Gasteiger partial charge in [-0.15, -0.1) is 11.3 Å². The normalized spacial score (nSPS) is 10.6. The lowest BCUT2D eigenvalue weighted by Crippen LogP contribution is -1.95. The lowest BCUT2D eigenvalue weighted by molar-refractivity contribution is 0.400. The summed E-state index contributed by atoms with van der Waals surface area (Å²) in [6, 6.07) is 11.8. The highest BCUT2D eigenvalue weighted by atomic mass is 32.1. The van der Waals surface area contributed by atoms with E-state index < -0.39 is 0 Å². The fraction of sp³-hybridized carbons (Fsp3) is 0.0769. The van der Waals surface area contributed by atoms with Gasteiger partial charge in [-0.1, -0.05) is 18.2 Å². The van der Waals surface area contributed by atoms with Gasteiger partial charge in [-0.3, -0.25) is 0 Å². The summed E-state index contributed by atoms with van der Waals surface area (Å²) in [7, 11) is 1.62. The highest BCUT2D eigenvalue weighted by molar-refractivity contribution is 7.13. The minimum atomic E-state index is 0.575. The van der Waals surface area contributed by atoms with Gasteiger partial charge in [0.25, 0.3) is 0 Å². The van der Waals surface area contributed by atoms with Crippen LogP contribution < -0.4 is 4.74 Å². The third kappa shape index (κ3) is 1.76. The lowest BCUT2D eigenvalue weighted by Gasteiger charge is -2.06. The minimum Gasteiger partial charge on any atom is -0.479 e. The van der Waals surface area contributed by atoms with E-state index in [1.807, 2.05) is 41.8 Å². The number of methoxy groups -OCH3 is 1. The molecule has 1 aromatic carbocycles. The molecule has 0 radical (unpaired) electrons. The molecule has 17 heavy (non-hydrogen) atoms. The number of nitrogens with zero attached hydrogens (tertiary/aromatic N) is 2. The largest absolute Gasteiger partial charge is 0.479 e. The molecule has 0 unspecified atom stereocenters. The zero-order chi connectivity index (χ0) is 11.7. The van der Waals surface area contributed by atoms with Crippen LogP contribution in [0, 0.1) is 0 Å². The van der Waals surface area contributed by atoms with Gasteiger partial charge in [0.15, 0.2) is 0 Å². The van der Waals surface area contributed by atoms with Crippen molar-refractivity contribution >= 4 is 22.4 Å². The number of hydrogen-bond donors (Lipinski definition) is 0. The summed E-state index contributed by atoms with van der Waals surface area (Å²) >= 11 is 1.63. The molecular weight excluding hydrogens is 232 g/mol. The first-order valence-electron chi connectivity index (χ1n) is 5.23. The van der Waals surface area contributed by atoms with E-state index in [2.05, 4.69) is 9.97 Å². The van der Waals surface area contributed by atoms with Crippen molar-refractivity contribution in [2.45, 2.75) is 0 Å². The van der Waals surface area contributed by atoms with Crippen molar-refractivity contribution in [2.24, 2.45) is 0 Å². The van der Waals surface area contributed by atoms with Gasteiger partial charge < -0.3 is 4.74 Å². The minimum absolute atomic E-state index is 0.575. The molecule has 0 saturated heterocycles. The molecule has 0 saturated carbocycles. The number of hydrogen-bond acceptors (Lipinski definition) is 4. The summed E-state index contributed by atoms with van der Waals surface area (Å²) < 4.78 is 5.31. The predicted octanol–water partition coefficient (Wildman–Crippen LogP) is 3.37. The first-order valence-corrected chi connectivity index (χ1v) is 6.11. The standard InChI is InChI=1S/C13H10N2OS/c1-16-13-12(11-7-4-8-17-11)14-9-5-2-3-6-10(9)15-13/h2-8H,1H3. The average Bonchev–Trinajstić information content (AvgIpc) is 2.91. The molecule has 0 N–H and O–H groups in total. The zero-order valence-electron chi connectivity index (χ0n) is 9.25. The van der Waals surface area contributed by atoms with Crippen LogP contribution in [0.15, 0.2) is 41.8 Å². The van der Waals surface area contributed by atoms with Crippen LogP contribution in [0.25, 0.3) is 21.6 Å². The molecule has 0 amide bonds. The number of fused-ring (bicyclic) bond motifs is 1. The van der Waals surface area contributed by atoms with E-state index in [-0.39, 0.29) is 0 Å². The maximum Gasteiger partial charge on any atom is 0.241 e. The first-order chi connectivity index (χ1) is 8.38. The van der Waals surface area contributed by atoms with Crippen LogP contribution in [0.4, 0.5) is 0 Å². The molecule has 84 valence electrons. The summed E-state index contributed by atoms with van der Waals surface area (Å²) in [5, 5.41) is 2.02. The van der Waals surface area contributed by atoms with Crippen molar-refractivity contribution in [3.05, 3.63) is 41.8 Å². The number of benzene rings is 1. The van der Waals surface area contributed by atoms with Crippen molar-refractivity contribution in [1.29, 1.82) is 0 Å². The van der Waals surface area contributed by atoms with Crippen molar-refractivity contribution in [1.82, 2.24) is 9.97 Å². The Morgan fingerprint density at radius 1 is 1.00 bits per heavy atom. The summed E-state index contributed by atoms with van der Waals surface area (Å²) in [5.41, 5.74) is 2.54. The number of ether oxygens (including phenoxy) is 1. The molecule has 3 rings (SSSR count). The van der Waals surface area contributed by atoms with E-state index >= 15 is 0 Å². The molecule has 2 aromatic heterocycles. The second-order valence-electron chi connectivity index (χ2n) is 3.55. The highest BCUT2D eigenvalue weighted by Crippen LogP contribution is 2.31. The summed E-state index contributed by atoms with van der Waals surface area (Å²) in [6.07, 6.45) is 0. The molecule has 0 fully saturated rings. The fourth-order valence-electron chi connectivity index (χ4n) is 1.70. The molecule has 4 heteroatoms. The Bertz CT molecular complexity index is 650. The van der Waals surface area contributed by atoms with Gasteiger partial charge in [0, 0.05) is 0 Å². The molecule has 3 nitrogen and oxygen atoms in total. The average molecular weight is 242 g/mol. The van der Waals surface area contributed by atoms with Crippen LogP contribution in [-0.4, -0.2) is 17.1 Å². The Morgan fingerprint density at radius 3 is 2.41 bits per heavy atom. The molecule has 0 aliphatic rings. The molecule has 2 heterocycles. The van der Waals surface area contributed by atoms with Crippen molar-refractivity contribution in [3.8, 4) is 16.5 Å². The molecule has 0 aliphatic carbocycles. The monoisotopic (exact) mass is 242 g/mol. The highest BCUT2D eigenvalue weighted by Gasteiger charge is 2.11. The molecule has 0 spiro atoms. The van der Waals surface area contributed by atoms with Gasteiger partial charge >= 0.3 is 0 Å². The molecule has 3 aromatic rings. The molecule has 0 bridgehead atoms. The Morgan fingerprint density at radius 2 is 1.76 bits per heavy atom. The van der Waals surface area contributed by atoms with Gasteiger partial charge in [-0.05, 0) is 23.6 Å². The molecular formula is C13H10N2OS. The van der Waals surface area contributed by atoms with Gasteiger partial charge in [0.2, 0.25) is 5.88 Å². The Hall–Kier alpha value is -1.94. The number of para-hydroxylation sites is 2. The molecule has 0 aliphatic heterocycles. The number of thiophene rings is 1. The van der Waals surface area contributed by atoms with Crippen LogP contribution in [0.5, 0.6) is 5.88 Å². The van der Waals surface area contributed by atoms with E-state index in [1.165, 1.54) is 0 Å². The number of aromatic nitrogens is 2. The van der Waals surface area contributed by atoms with Gasteiger partial charge in [0.05, 0.1) is 23.0 Å². The molecule has 0 atom stereocenters. The van der Waals surface area contributed by atoms with Gasteiger partial charge in [-0.2, -0.15) is 0 Å². The summed E-state index contributed by atoms with van der Waals surface area (Å²) in [4.78, 5) is 10.2. The van der Waals surface area contributed by atoms with E-state index in [0.29, 0.717) is 5.88 Å². The second-order valence-corrected chi connectivity index (χ2v) is 4.50. The smallest absolute Gasteiger partial charge is 0.241 e. The fourth-order valence-corrected chi connectivity index (χ4v) is 2.41. The zero-order valence-corrected chi connectivity index (χ0v) is 10.1. The van der Waals surface area contributed by atoms with Crippen LogP contribution in [-0.2, 0) is 0 Å². The van der Waals surface area contributed by atoms with Crippen molar-refractivity contribution < 1.29 is 4.74 Å². The van der Waals surface area contributed by atoms with Crippen LogP contribution in [0.1, 0.15) is 0 Å². The Labute approximate surface area is 103 Å². The Balaban J connectivity index is 2.29. The maximum atomic E-state index is 5.31. The maximum absolute atomic E-state index is 5.31. The predicted molar refractivity (Wildman–Crippen MR) is 69.4 cm³/mol. The van der Waals surface area contributed by atoms with Crippen LogP contribution >= 0.6 is 11.3 Å². The summed E-state index contributed by atoms with van der Waals surface area (Å²) in [6.45, 7) is 0. The van der Waals surface area contributed by atoms with Crippen molar-refractivity contribution in [3.63, 3.8) is 0 Å². The quantitative estimate of drug-likeness (QED) is 0.691. The Kier molecular flexibility index (Phi) is 2.49. The lowest BCUT2D eigenvalue weighted by atomic mass is 10.2. The second kappa shape index (κ2) is 4.14. The van der Waals surface area contributed by atoms with E-state index in [4.69, 9.17) is 4.74 Å². The van der Waals surface area contributed by atoms with Crippen LogP contribution in [0.2, 0.25) is 0 Å². The van der Waals surface area contributed by atoms with Crippen LogP contribution in [0.3, 0.4) is 0 Å². The van der Waals surface area contributed by atoms with Crippen molar-refractivity contribution in [2.75, 3.05) is 7.11 Å².